The quantitative estimate of drug-likeness (QED) is 0.283. The van der Waals surface area contributed by atoms with Gasteiger partial charge in [-0.1, -0.05) is 35.3 Å². The lowest BCUT2D eigenvalue weighted by Gasteiger charge is -2.11. The minimum absolute atomic E-state index is 0.203. The van der Waals surface area contributed by atoms with Gasteiger partial charge in [-0.25, -0.2) is 9.82 Å². The van der Waals surface area contributed by atoms with Crippen LogP contribution < -0.4 is 20.2 Å². The second kappa shape index (κ2) is 11.3. The van der Waals surface area contributed by atoms with Crippen molar-refractivity contribution in [1.29, 1.82) is 0 Å². The summed E-state index contributed by atoms with van der Waals surface area (Å²) in [5, 5.41) is 6.72. The lowest BCUT2D eigenvalue weighted by Crippen LogP contribution is -2.32. The molecule has 0 atom stereocenters. The van der Waals surface area contributed by atoms with Gasteiger partial charge in [-0.15, -0.1) is 0 Å². The number of methoxy groups -OCH3 is 1. The molecule has 33 heavy (non-hydrogen) atoms. The van der Waals surface area contributed by atoms with Crippen LogP contribution in [0.2, 0.25) is 10.0 Å². The Bertz CT molecular complexity index is 1190. The van der Waals surface area contributed by atoms with Crippen molar-refractivity contribution in [3.63, 3.8) is 0 Å². The maximum atomic E-state index is 13.0. The predicted octanol–water partition coefficient (Wildman–Crippen LogP) is 4.81. The molecule has 0 heterocycles. The standard InChI is InChI=1S/C23H18Cl2FN3O4/c1-32-21-10-15(4-9-20(21)33-13-14-2-6-17(26)7-3-14)12-27-29-23(31)22(30)28-19-11-16(24)5-8-18(19)25/h2-12H,13H2,1H3,(H,28,30)(H,29,31)/b27-12+. The van der Waals surface area contributed by atoms with Crippen LogP contribution >= 0.6 is 23.2 Å². The van der Waals surface area contributed by atoms with Gasteiger partial charge in [0.1, 0.15) is 12.4 Å². The number of nitrogens with zero attached hydrogens (tertiary/aromatic N) is 1. The molecular formula is C23H18Cl2FN3O4. The number of ether oxygens (including phenoxy) is 2. The van der Waals surface area contributed by atoms with E-state index in [4.69, 9.17) is 32.7 Å². The number of halogens is 3. The highest BCUT2D eigenvalue weighted by molar-refractivity contribution is 6.42. The third-order valence-electron chi connectivity index (χ3n) is 4.26. The highest BCUT2D eigenvalue weighted by Crippen LogP contribution is 2.28. The van der Waals surface area contributed by atoms with Gasteiger partial charge in [-0.3, -0.25) is 9.59 Å². The fourth-order valence-corrected chi connectivity index (χ4v) is 2.95. The van der Waals surface area contributed by atoms with E-state index in [0.29, 0.717) is 22.1 Å². The second-order valence-corrected chi connectivity index (χ2v) is 7.45. The van der Waals surface area contributed by atoms with E-state index in [2.05, 4.69) is 15.8 Å². The molecule has 0 aromatic heterocycles. The Morgan fingerprint density at radius 3 is 2.48 bits per heavy atom. The Balaban J connectivity index is 1.57. The zero-order valence-electron chi connectivity index (χ0n) is 17.3. The van der Waals surface area contributed by atoms with Gasteiger partial charge >= 0.3 is 11.8 Å². The van der Waals surface area contributed by atoms with E-state index in [9.17, 15) is 14.0 Å². The van der Waals surface area contributed by atoms with Crippen LogP contribution in [0.5, 0.6) is 11.5 Å². The topological polar surface area (TPSA) is 89.0 Å². The molecule has 0 fully saturated rings. The Morgan fingerprint density at radius 2 is 1.76 bits per heavy atom. The van der Waals surface area contributed by atoms with Crippen LogP contribution in [0.1, 0.15) is 11.1 Å². The van der Waals surface area contributed by atoms with Crippen LogP contribution in [0.4, 0.5) is 10.1 Å². The fraction of sp³-hybridized carbons (Fsp3) is 0.0870. The number of nitrogens with one attached hydrogen (secondary N) is 2. The average Bonchev–Trinajstić information content (AvgIpc) is 2.81. The highest BCUT2D eigenvalue weighted by Gasteiger charge is 2.15. The molecule has 7 nitrogen and oxygen atoms in total. The van der Waals surface area contributed by atoms with Crippen LogP contribution in [0, 0.1) is 5.82 Å². The maximum absolute atomic E-state index is 13.0. The number of anilines is 1. The average molecular weight is 490 g/mol. The van der Waals surface area contributed by atoms with Crippen LogP contribution in [0.25, 0.3) is 0 Å². The summed E-state index contributed by atoms with van der Waals surface area (Å²) in [7, 11) is 1.48. The summed E-state index contributed by atoms with van der Waals surface area (Å²) in [5.74, 6) is -1.37. The second-order valence-electron chi connectivity index (χ2n) is 6.60. The summed E-state index contributed by atoms with van der Waals surface area (Å²) in [5.41, 5.74) is 3.71. The first-order valence-corrected chi connectivity index (χ1v) is 10.3. The number of hydrogen-bond donors (Lipinski definition) is 2. The maximum Gasteiger partial charge on any atom is 0.329 e. The molecule has 0 saturated carbocycles. The van der Waals surface area contributed by atoms with Gasteiger partial charge in [-0.05, 0) is 59.7 Å². The molecule has 170 valence electrons. The van der Waals surface area contributed by atoms with E-state index >= 15 is 0 Å². The van der Waals surface area contributed by atoms with E-state index in [0.717, 1.165) is 5.56 Å². The normalized spacial score (nSPS) is 10.7. The van der Waals surface area contributed by atoms with Crippen molar-refractivity contribution >= 4 is 46.9 Å². The van der Waals surface area contributed by atoms with Gasteiger partial charge in [0.2, 0.25) is 0 Å². The van der Waals surface area contributed by atoms with E-state index in [1.807, 2.05) is 0 Å². The van der Waals surface area contributed by atoms with Gasteiger partial charge in [-0.2, -0.15) is 5.10 Å². The molecule has 0 bridgehead atoms. The number of rotatable bonds is 7. The van der Waals surface area contributed by atoms with Gasteiger partial charge in [0.05, 0.1) is 24.0 Å². The summed E-state index contributed by atoms with van der Waals surface area (Å²) in [6.07, 6.45) is 1.34. The molecule has 0 saturated heterocycles. The summed E-state index contributed by atoms with van der Waals surface area (Å²) in [6.45, 7) is 0.228. The first-order chi connectivity index (χ1) is 15.9. The van der Waals surface area contributed by atoms with E-state index in [1.165, 1.54) is 37.6 Å². The van der Waals surface area contributed by atoms with Crippen molar-refractivity contribution < 1.29 is 23.5 Å². The first kappa shape index (κ1) is 24.0. The molecule has 0 spiro atoms. The van der Waals surface area contributed by atoms with Crippen molar-refractivity contribution in [2.45, 2.75) is 6.61 Å². The van der Waals surface area contributed by atoms with Gasteiger partial charge in [0, 0.05) is 5.02 Å². The molecular weight excluding hydrogens is 472 g/mol. The van der Waals surface area contributed by atoms with Crippen LogP contribution in [-0.4, -0.2) is 25.1 Å². The predicted molar refractivity (Wildman–Crippen MR) is 125 cm³/mol. The van der Waals surface area contributed by atoms with Crippen molar-refractivity contribution in [3.8, 4) is 11.5 Å². The zero-order valence-corrected chi connectivity index (χ0v) is 18.8. The van der Waals surface area contributed by atoms with Gasteiger partial charge < -0.3 is 14.8 Å². The van der Waals surface area contributed by atoms with Crippen molar-refractivity contribution in [3.05, 3.63) is 87.7 Å². The number of hydrazone groups is 1. The molecule has 0 aliphatic carbocycles. The van der Waals surface area contributed by atoms with Crippen molar-refractivity contribution in [1.82, 2.24) is 5.43 Å². The molecule has 3 aromatic rings. The smallest absolute Gasteiger partial charge is 0.329 e. The Labute approximate surface area is 199 Å². The molecule has 0 unspecified atom stereocenters. The molecule has 0 radical (unpaired) electrons. The fourth-order valence-electron chi connectivity index (χ4n) is 2.61. The molecule has 10 heteroatoms. The zero-order chi connectivity index (χ0) is 23.8. The Kier molecular flexibility index (Phi) is 8.23. The number of amides is 2. The minimum atomic E-state index is -0.992. The van der Waals surface area contributed by atoms with Crippen LogP contribution in [-0.2, 0) is 16.2 Å². The Morgan fingerprint density at radius 1 is 1.00 bits per heavy atom. The summed E-state index contributed by atoms with van der Waals surface area (Å²) in [6, 6.07) is 15.4. The molecule has 0 aliphatic rings. The number of carbonyl (C=O) groups is 2. The first-order valence-electron chi connectivity index (χ1n) is 9.50. The van der Waals surface area contributed by atoms with E-state index in [1.54, 1.807) is 36.4 Å². The third-order valence-corrected chi connectivity index (χ3v) is 4.82. The van der Waals surface area contributed by atoms with Crippen LogP contribution in [0.15, 0.2) is 65.8 Å². The molecule has 2 amide bonds. The van der Waals surface area contributed by atoms with E-state index < -0.39 is 11.8 Å². The van der Waals surface area contributed by atoms with E-state index in [-0.39, 0.29) is 23.1 Å². The molecule has 3 aromatic carbocycles. The lowest BCUT2D eigenvalue weighted by molar-refractivity contribution is -0.136. The number of benzene rings is 3. The summed E-state index contributed by atoms with van der Waals surface area (Å²) in [4.78, 5) is 24.0. The largest absolute Gasteiger partial charge is 0.493 e. The number of carbonyl (C=O) groups excluding carboxylic acids is 2. The summed E-state index contributed by atoms with van der Waals surface area (Å²) >= 11 is 11.8. The summed E-state index contributed by atoms with van der Waals surface area (Å²) < 4.78 is 24.1. The van der Waals surface area contributed by atoms with Gasteiger partial charge in [0.25, 0.3) is 0 Å². The van der Waals surface area contributed by atoms with Gasteiger partial charge in [0.15, 0.2) is 11.5 Å². The SMILES string of the molecule is COc1cc(/C=N/NC(=O)C(=O)Nc2cc(Cl)ccc2Cl)ccc1OCc1ccc(F)cc1. The highest BCUT2D eigenvalue weighted by atomic mass is 35.5. The van der Waals surface area contributed by atoms with Crippen LogP contribution in [0.3, 0.4) is 0 Å². The molecule has 2 N–H and O–H groups in total. The lowest BCUT2D eigenvalue weighted by atomic mass is 10.2. The molecule has 0 aliphatic heterocycles. The molecule has 3 rings (SSSR count). The number of hydrogen-bond acceptors (Lipinski definition) is 5. The minimum Gasteiger partial charge on any atom is -0.493 e. The monoisotopic (exact) mass is 489 g/mol. The van der Waals surface area contributed by atoms with Crippen molar-refractivity contribution in [2.75, 3.05) is 12.4 Å². The Hall–Kier alpha value is -3.62. The van der Waals surface area contributed by atoms with Crippen molar-refractivity contribution in [2.24, 2.45) is 5.10 Å². The third kappa shape index (κ3) is 6.93.